The maximum Gasteiger partial charge on any atom is 0.305 e. The highest BCUT2D eigenvalue weighted by Crippen LogP contribution is 2.47. The Labute approximate surface area is 126 Å². The number of benzene rings is 2. The van der Waals surface area contributed by atoms with Crippen molar-refractivity contribution in [3.63, 3.8) is 0 Å². The van der Waals surface area contributed by atoms with E-state index in [4.69, 9.17) is 0 Å². The number of rotatable bonds is 1. The van der Waals surface area contributed by atoms with E-state index in [9.17, 15) is 9.59 Å². The molecule has 21 heavy (non-hydrogen) atoms. The predicted octanol–water partition coefficient (Wildman–Crippen LogP) is 3.90. The Balaban J connectivity index is 1.88. The van der Waals surface area contributed by atoms with Crippen molar-refractivity contribution >= 4 is 28.5 Å². The second-order valence-corrected chi connectivity index (χ2v) is 6.19. The Kier molecular flexibility index (Phi) is 2.79. The van der Waals surface area contributed by atoms with Gasteiger partial charge in [0.2, 0.25) is 0 Å². The van der Waals surface area contributed by atoms with Crippen LogP contribution in [0.5, 0.6) is 0 Å². The molecule has 2 atom stereocenters. The fourth-order valence-electron chi connectivity index (χ4n) is 3.00. The molecule has 3 nitrogen and oxygen atoms in total. The van der Waals surface area contributed by atoms with E-state index < -0.39 is 0 Å². The minimum absolute atomic E-state index is 0.0678. The molecule has 0 saturated carbocycles. The molecule has 0 bridgehead atoms. The summed E-state index contributed by atoms with van der Waals surface area (Å²) >= 11 is 1.14. The molecule has 0 radical (unpaired) electrons. The molecule has 1 amide bonds. The van der Waals surface area contributed by atoms with Gasteiger partial charge in [-0.3, -0.25) is 9.59 Å². The summed E-state index contributed by atoms with van der Waals surface area (Å²) in [6.45, 7) is 0. The lowest BCUT2D eigenvalue weighted by Crippen LogP contribution is -2.27. The van der Waals surface area contributed by atoms with Crippen LogP contribution >= 0.6 is 11.8 Å². The maximum atomic E-state index is 12.7. The average Bonchev–Trinajstić information content (AvgIpc) is 2.81. The number of hydrogen-bond donors (Lipinski definition) is 0. The Morgan fingerprint density at radius 2 is 1.52 bits per heavy atom. The normalized spacial score (nSPS) is 23.5. The van der Waals surface area contributed by atoms with E-state index >= 15 is 0 Å². The van der Waals surface area contributed by atoms with Crippen LogP contribution in [0.2, 0.25) is 0 Å². The highest BCUT2D eigenvalue weighted by molar-refractivity contribution is 8.14. The number of ketones is 1. The standard InChI is InChI=1S/C17H11NO2S/c19-15-12-9-5-4-8-11(12)14-13(15)16(21-17(20)18-14)10-6-2-1-3-7-10/h1-9,13,16H. The number of aliphatic imine (C=N–C) groups is 1. The minimum Gasteiger partial charge on any atom is -0.293 e. The number of Topliss-reactive ketones (excluding diaryl/α,β-unsaturated/α-hetero) is 1. The van der Waals surface area contributed by atoms with Crippen LogP contribution in [0.15, 0.2) is 59.6 Å². The number of carbonyl (C=O) groups excluding carboxylic acids is 2. The van der Waals surface area contributed by atoms with Crippen molar-refractivity contribution in [3.8, 4) is 0 Å². The monoisotopic (exact) mass is 293 g/mol. The van der Waals surface area contributed by atoms with E-state index in [0.29, 0.717) is 11.3 Å². The Morgan fingerprint density at radius 3 is 2.29 bits per heavy atom. The molecule has 0 saturated heterocycles. The summed E-state index contributed by atoms with van der Waals surface area (Å²) in [5, 5.41) is -0.411. The van der Waals surface area contributed by atoms with Gasteiger partial charge in [-0.1, -0.05) is 66.4 Å². The fraction of sp³-hybridized carbons (Fsp3) is 0.118. The molecule has 0 fully saturated rings. The van der Waals surface area contributed by atoms with E-state index in [-0.39, 0.29) is 22.2 Å². The molecule has 0 aromatic heterocycles. The van der Waals surface area contributed by atoms with E-state index in [1.165, 1.54) is 0 Å². The van der Waals surface area contributed by atoms with Crippen LogP contribution in [0, 0.1) is 5.92 Å². The number of carbonyl (C=O) groups is 2. The van der Waals surface area contributed by atoms with Crippen molar-refractivity contribution < 1.29 is 9.59 Å². The minimum atomic E-state index is -0.354. The van der Waals surface area contributed by atoms with Gasteiger partial charge in [0.1, 0.15) is 0 Å². The van der Waals surface area contributed by atoms with Gasteiger partial charge in [-0.2, -0.15) is 0 Å². The molecule has 0 spiro atoms. The highest BCUT2D eigenvalue weighted by Gasteiger charge is 2.46. The SMILES string of the molecule is O=C1N=C2c3ccccc3C(=O)C2C(c2ccccc2)S1. The predicted molar refractivity (Wildman–Crippen MR) is 83.0 cm³/mol. The van der Waals surface area contributed by atoms with E-state index in [1.54, 1.807) is 0 Å². The highest BCUT2D eigenvalue weighted by atomic mass is 32.2. The zero-order valence-corrected chi connectivity index (χ0v) is 11.8. The van der Waals surface area contributed by atoms with E-state index in [2.05, 4.69) is 4.99 Å². The third-order valence-corrected chi connectivity index (χ3v) is 5.01. The second-order valence-electron chi connectivity index (χ2n) is 5.10. The van der Waals surface area contributed by atoms with Gasteiger partial charge in [-0.05, 0) is 5.56 Å². The molecule has 2 aromatic rings. The molecule has 1 aliphatic carbocycles. The summed E-state index contributed by atoms with van der Waals surface area (Å²) in [7, 11) is 0. The number of thioether (sulfide) groups is 1. The van der Waals surface area contributed by atoms with Crippen LogP contribution in [0.25, 0.3) is 0 Å². The molecular weight excluding hydrogens is 282 g/mol. The molecule has 1 aliphatic heterocycles. The maximum absolute atomic E-state index is 12.7. The van der Waals surface area contributed by atoms with Crippen molar-refractivity contribution in [2.45, 2.75) is 5.25 Å². The molecule has 4 rings (SSSR count). The number of nitrogens with zero attached hydrogens (tertiary/aromatic N) is 1. The quantitative estimate of drug-likeness (QED) is 0.801. The summed E-state index contributed by atoms with van der Waals surface area (Å²) in [6, 6.07) is 17.1. The van der Waals surface area contributed by atoms with Crippen molar-refractivity contribution in [2.75, 3.05) is 0 Å². The summed E-state index contributed by atoms with van der Waals surface area (Å²) in [4.78, 5) is 28.8. The topological polar surface area (TPSA) is 46.5 Å². The van der Waals surface area contributed by atoms with Gasteiger partial charge in [0.25, 0.3) is 0 Å². The van der Waals surface area contributed by atoms with Crippen LogP contribution < -0.4 is 0 Å². The largest absolute Gasteiger partial charge is 0.305 e. The van der Waals surface area contributed by atoms with Gasteiger partial charge >= 0.3 is 5.24 Å². The molecule has 2 aliphatic rings. The Bertz CT molecular complexity index is 782. The smallest absolute Gasteiger partial charge is 0.293 e. The van der Waals surface area contributed by atoms with Crippen molar-refractivity contribution in [2.24, 2.45) is 10.9 Å². The van der Waals surface area contributed by atoms with Crippen LogP contribution in [0.4, 0.5) is 4.79 Å². The number of amides is 1. The molecule has 1 heterocycles. The average molecular weight is 293 g/mol. The summed E-state index contributed by atoms with van der Waals surface area (Å²) < 4.78 is 0. The lowest BCUT2D eigenvalue weighted by atomic mass is 9.93. The molecule has 2 aromatic carbocycles. The number of fused-ring (bicyclic) bond motifs is 3. The first-order chi connectivity index (χ1) is 10.3. The van der Waals surface area contributed by atoms with Gasteiger partial charge < -0.3 is 0 Å². The van der Waals surface area contributed by atoms with Crippen LogP contribution in [-0.4, -0.2) is 16.7 Å². The van der Waals surface area contributed by atoms with Crippen LogP contribution in [0.1, 0.15) is 26.7 Å². The Hall–Kier alpha value is -2.20. The Morgan fingerprint density at radius 1 is 0.857 bits per heavy atom. The van der Waals surface area contributed by atoms with Crippen molar-refractivity contribution in [1.82, 2.24) is 0 Å². The van der Waals surface area contributed by atoms with Crippen LogP contribution in [0.3, 0.4) is 0 Å². The lowest BCUT2D eigenvalue weighted by molar-refractivity contribution is 0.0960. The molecule has 2 unspecified atom stereocenters. The van der Waals surface area contributed by atoms with Crippen molar-refractivity contribution in [1.29, 1.82) is 0 Å². The fourth-order valence-corrected chi connectivity index (χ4v) is 4.05. The zero-order valence-electron chi connectivity index (χ0n) is 11.0. The van der Waals surface area contributed by atoms with Gasteiger partial charge in [0.05, 0.1) is 16.9 Å². The first kappa shape index (κ1) is 12.5. The summed E-state index contributed by atoms with van der Waals surface area (Å²) in [5.74, 6) is -0.286. The van der Waals surface area contributed by atoms with Gasteiger partial charge in [0, 0.05) is 11.1 Å². The second kappa shape index (κ2) is 4.67. The lowest BCUT2D eigenvalue weighted by Gasteiger charge is -2.25. The van der Waals surface area contributed by atoms with Gasteiger partial charge in [-0.15, -0.1) is 0 Å². The molecule has 0 N–H and O–H groups in total. The van der Waals surface area contributed by atoms with Gasteiger partial charge in [-0.25, -0.2) is 4.99 Å². The van der Waals surface area contributed by atoms with E-state index in [0.717, 1.165) is 22.9 Å². The molecule has 102 valence electrons. The third-order valence-electron chi connectivity index (χ3n) is 3.92. The summed E-state index contributed by atoms with van der Waals surface area (Å²) in [5.41, 5.74) is 3.11. The van der Waals surface area contributed by atoms with Gasteiger partial charge in [0.15, 0.2) is 5.78 Å². The summed E-state index contributed by atoms with van der Waals surface area (Å²) in [6.07, 6.45) is 0. The third kappa shape index (κ3) is 1.87. The van der Waals surface area contributed by atoms with E-state index in [1.807, 2.05) is 54.6 Å². The van der Waals surface area contributed by atoms with Crippen LogP contribution in [-0.2, 0) is 0 Å². The molecule has 4 heteroatoms. The first-order valence-electron chi connectivity index (χ1n) is 6.73. The number of hydrogen-bond acceptors (Lipinski definition) is 3. The molecular formula is C17H11NO2S. The van der Waals surface area contributed by atoms with Crippen molar-refractivity contribution in [3.05, 3.63) is 71.3 Å². The first-order valence-corrected chi connectivity index (χ1v) is 7.61. The zero-order chi connectivity index (χ0) is 14.4.